The number of rotatable bonds is 2. The third kappa shape index (κ3) is 1.58. The minimum atomic E-state index is -1.13. The zero-order chi connectivity index (χ0) is 9.14. The molecule has 0 unspecified atom stereocenters. The molecule has 0 aliphatic carbocycles. The highest BCUT2D eigenvalue weighted by molar-refractivity contribution is 5.85. The Hall–Kier alpha value is -1.45. The molecule has 4 heteroatoms. The Morgan fingerprint density at radius 3 is 2.83 bits per heavy atom. The molecular formula is C8H8FNO2. The first kappa shape index (κ1) is 8.64. The van der Waals surface area contributed by atoms with Crippen molar-refractivity contribution in [2.45, 2.75) is 13.3 Å². The summed E-state index contributed by atoms with van der Waals surface area (Å²) in [6.45, 7) is 1.72. The lowest BCUT2D eigenvalue weighted by Gasteiger charge is -1.99. The number of nitrogens with zero attached hydrogens (tertiary/aromatic N) is 1. The van der Waals surface area contributed by atoms with Gasteiger partial charge in [-0.3, -0.25) is 0 Å². The summed E-state index contributed by atoms with van der Waals surface area (Å²) in [5.41, 5.74) is 0.0724. The van der Waals surface area contributed by atoms with Gasteiger partial charge in [-0.1, -0.05) is 6.92 Å². The molecule has 0 fully saturated rings. The number of halogens is 1. The maximum absolute atomic E-state index is 12.8. The summed E-state index contributed by atoms with van der Waals surface area (Å²) in [4.78, 5) is 14.0. The zero-order valence-corrected chi connectivity index (χ0v) is 6.54. The molecule has 1 aromatic heterocycles. The van der Waals surface area contributed by atoms with Crippen molar-refractivity contribution in [3.63, 3.8) is 0 Å². The lowest BCUT2D eigenvalue weighted by Crippen LogP contribution is -2.04. The number of aryl methyl sites for hydroxylation is 1. The van der Waals surface area contributed by atoms with Gasteiger partial charge < -0.3 is 5.11 Å². The number of carbonyl (C=O) groups is 1. The quantitative estimate of drug-likeness (QED) is 0.729. The first-order chi connectivity index (χ1) is 5.65. The molecule has 0 bridgehead atoms. The van der Waals surface area contributed by atoms with Gasteiger partial charge in [-0.15, -0.1) is 0 Å². The fourth-order valence-corrected chi connectivity index (χ4v) is 0.851. The Bertz CT molecular complexity index is 312. The number of carboxylic acids is 1. The highest BCUT2D eigenvalue weighted by atomic mass is 19.1. The lowest BCUT2D eigenvalue weighted by atomic mass is 10.2. The van der Waals surface area contributed by atoms with Crippen LogP contribution in [-0.4, -0.2) is 16.1 Å². The molecular weight excluding hydrogens is 161 g/mol. The molecule has 0 saturated carbocycles. The van der Waals surface area contributed by atoms with Gasteiger partial charge >= 0.3 is 5.97 Å². The third-order valence-electron chi connectivity index (χ3n) is 1.47. The number of aromatic nitrogens is 1. The molecule has 0 spiro atoms. The van der Waals surface area contributed by atoms with Gasteiger partial charge in [0.05, 0.1) is 5.69 Å². The van der Waals surface area contributed by atoms with Gasteiger partial charge in [-0.2, -0.15) is 0 Å². The van der Waals surface area contributed by atoms with Crippen LogP contribution in [0.15, 0.2) is 12.1 Å². The summed E-state index contributed by atoms with van der Waals surface area (Å²) in [6.07, 6.45) is 0.396. The van der Waals surface area contributed by atoms with E-state index in [9.17, 15) is 9.18 Å². The Kier molecular flexibility index (Phi) is 2.38. The monoisotopic (exact) mass is 169 g/mol. The zero-order valence-electron chi connectivity index (χ0n) is 6.54. The van der Waals surface area contributed by atoms with Crippen molar-refractivity contribution in [3.8, 4) is 0 Å². The Morgan fingerprint density at radius 1 is 1.67 bits per heavy atom. The maximum atomic E-state index is 12.8. The van der Waals surface area contributed by atoms with Crippen molar-refractivity contribution in [1.82, 2.24) is 4.98 Å². The minimum Gasteiger partial charge on any atom is -0.477 e. The van der Waals surface area contributed by atoms with Crippen LogP contribution in [0.25, 0.3) is 0 Å². The molecule has 64 valence electrons. The van der Waals surface area contributed by atoms with Crippen LogP contribution in [0.5, 0.6) is 0 Å². The van der Waals surface area contributed by atoms with Gasteiger partial charge in [0.1, 0.15) is 11.5 Å². The van der Waals surface area contributed by atoms with E-state index in [0.717, 1.165) is 12.1 Å². The number of aromatic carboxylic acids is 1. The van der Waals surface area contributed by atoms with Gasteiger partial charge in [0.15, 0.2) is 0 Å². The SMILES string of the molecule is CCc1nc(C(=O)O)ccc1F. The van der Waals surface area contributed by atoms with Crippen LogP contribution in [0.2, 0.25) is 0 Å². The highest BCUT2D eigenvalue weighted by Gasteiger charge is 2.07. The summed E-state index contributed by atoms with van der Waals surface area (Å²) >= 11 is 0. The van der Waals surface area contributed by atoms with E-state index in [1.165, 1.54) is 0 Å². The normalized spacial score (nSPS) is 9.83. The van der Waals surface area contributed by atoms with E-state index in [2.05, 4.69) is 4.98 Å². The highest BCUT2D eigenvalue weighted by Crippen LogP contribution is 2.06. The van der Waals surface area contributed by atoms with E-state index >= 15 is 0 Å². The van der Waals surface area contributed by atoms with E-state index in [1.807, 2.05) is 0 Å². The van der Waals surface area contributed by atoms with E-state index < -0.39 is 11.8 Å². The van der Waals surface area contributed by atoms with Crippen molar-refractivity contribution in [2.24, 2.45) is 0 Å². The van der Waals surface area contributed by atoms with Crippen molar-refractivity contribution in [1.29, 1.82) is 0 Å². The molecule has 1 heterocycles. The number of carboxylic acid groups (broad SMARTS) is 1. The summed E-state index contributed by atoms with van der Waals surface area (Å²) in [7, 11) is 0. The molecule has 0 saturated heterocycles. The van der Waals surface area contributed by atoms with Crippen molar-refractivity contribution in [2.75, 3.05) is 0 Å². The Morgan fingerprint density at radius 2 is 2.33 bits per heavy atom. The van der Waals surface area contributed by atoms with E-state index in [4.69, 9.17) is 5.11 Å². The van der Waals surface area contributed by atoms with Gasteiger partial charge in [-0.05, 0) is 18.6 Å². The summed E-state index contributed by atoms with van der Waals surface area (Å²) in [5.74, 6) is -1.59. The summed E-state index contributed by atoms with van der Waals surface area (Å²) < 4.78 is 12.8. The van der Waals surface area contributed by atoms with Gasteiger partial charge in [0.25, 0.3) is 0 Å². The van der Waals surface area contributed by atoms with Crippen LogP contribution in [0.4, 0.5) is 4.39 Å². The molecule has 0 aliphatic heterocycles. The van der Waals surface area contributed by atoms with Gasteiger partial charge in [-0.25, -0.2) is 14.2 Å². The molecule has 0 aliphatic rings. The average molecular weight is 169 g/mol. The summed E-state index contributed by atoms with van der Waals surface area (Å²) in [5, 5.41) is 8.51. The van der Waals surface area contributed by atoms with E-state index in [-0.39, 0.29) is 11.4 Å². The molecule has 0 atom stereocenters. The standard InChI is InChI=1S/C8H8FNO2/c1-2-6-5(9)3-4-7(10-6)8(11)12/h3-4H,2H2,1H3,(H,11,12). The van der Waals surface area contributed by atoms with Gasteiger partial charge in [0.2, 0.25) is 0 Å². The first-order valence-electron chi connectivity index (χ1n) is 3.54. The van der Waals surface area contributed by atoms with Crippen molar-refractivity contribution >= 4 is 5.97 Å². The fourth-order valence-electron chi connectivity index (χ4n) is 0.851. The lowest BCUT2D eigenvalue weighted by molar-refractivity contribution is 0.0690. The third-order valence-corrected chi connectivity index (χ3v) is 1.47. The van der Waals surface area contributed by atoms with Crippen LogP contribution in [-0.2, 0) is 6.42 Å². The number of pyridine rings is 1. The number of hydrogen-bond acceptors (Lipinski definition) is 2. The van der Waals surface area contributed by atoms with E-state index in [1.54, 1.807) is 6.92 Å². The van der Waals surface area contributed by atoms with E-state index in [0.29, 0.717) is 6.42 Å². The van der Waals surface area contributed by atoms with Crippen LogP contribution in [0.3, 0.4) is 0 Å². The average Bonchev–Trinajstić information content (AvgIpc) is 2.05. The maximum Gasteiger partial charge on any atom is 0.354 e. The van der Waals surface area contributed by atoms with Crippen molar-refractivity contribution in [3.05, 3.63) is 29.3 Å². The second kappa shape index (κ2) is 3.30. The second-order valence-corrected chi connectivity index (χ2v) is 2.28. The topological polar surface area (TPSA) is 50.2 Å². The molecule has 1 rings (SSSR count). The molecule has 3 nitrogen and oxygen atoms in total. The molecule has 0 radical (unpaired) electrons. The van der Waals surface area contributed by atoms with Crippen LogP contribution in [0.1, 0.15) is 23.1 Å². The largest absolute Gasteiger partial charge is 0.477 e. The Balaban J connectivity index is 3.13. The van der Waals surface area contributed by atoms with Gasteiger partial charge in [0, 0.05) is 0 Å². The van der Waals surface area contributed by atoms with Crippen LogP contribution in [0, 0.1) is 5.82 Å². The molecule has 0 aromatic carbocycles. The smallest absolute Gasteiger partial charge is 0.354 e. The molecule has 0 amide bonds. The summed E-state index contributed by atoms with van der Waals surface area (Å²) in [6, 6.07) is 2.27. The fraction of sp³-hybridized carbons (Fsp3) is 0.250. The molecule has 1 N–H and O–H groups in total. The second-order valence-electron chi connectivity index (χ2n) is 2.28. The van der Waals surface area contributed by atoms with Crippen molar-refractivity contribution < 1.29 is 14.3 Å². The molecule has 1 aromatic rings. The predicted molar refractivity (Wildman–Crippen MR) is 40.5 cm³/mol. The molecule has 12 heavy (non-hydrogen) atoms. The first-order valence-corrected chi connectivity index (χ1v) is 3.54. The van der Waals surface area contributed by atoms with Crippen LogP contribution < -0.4 is 0 Å². The Labute approximate surface area is 68.9 Å². The number of hydrogen-bond donors (Lipinski definition) is 1. The van der Waals surface area contributed by atoms with Crippen LogP contribution >= 0.6 is 0 Å². The minimum absolute atomic E-state index is 0.117. The predicted octanol–water partition coefficient (Wildman–Crippen LogP) is 1.48.